The SMILES string of the molecule is CCC(C)(C)c1ccc(/C=C/c2ccc(N(C)c3nc(OC)nc(N(C)C(C)(C)CC)n3)cc2OC)c(OC)c1. The highest BCUT2D eigenvalue weighted by Gasteiger charge is 2.26. The van der Waals surface area contributed by atoms with Crippen molar-refractivity contribution in [2.24, 2.45) is 0 Å². The van der Waals surface area contributed by atoms with Gasteiger partial charge < -0.3 is 24.0 Å². The molecule has 0 fully saturated rings. The Bertz CT molecular complexity index is 1340. The predicted octanol–water partition coefficient (Wildman–Crippen LogP) is 7.15. The summed E-state index contributed by atoms with van der Waals surface area (Å²) in [6.45, 7) is 13.1. The summed E-state index contributed by atoms with van der Waals surface area (Å²) in [5.74, 6) is 2.61. The van der Waals surface area contributed by atoms with Crippen LogP contribution in [0, 0.1) is 0 Å². The number of ether oxygens (including phenoxy) is 3. The summed E-state index contributed by atoms with van der Waals surface area (Å²) in [4.78, 5) is 17.7. The van der Waals surface area contributed by atoms with Crippen LogP contribution in [0.5, 0.6) is 17.5 Å². The van der Waals surface area contributed by atoms with Crippen LogP contribution in [0.15, 0.2) is 36.4 Å². The summed E-state index contributed by atoms with van der Waals surface area (Å²) in [5.41, 5.74) is 4.04. The molecular weight excluding hydrogens is 502 g/mol. The maximum absolute atomic E-state index is 5.77. The van der Waals surface area contributed by atoms with Crippen molar-refractivity contribution in [3.05, 3.63) is 53.1 Å². The highest BCUT2D eigenvalue weighted by atomic mass is 16.5. The topological polar surface area (TPSA) is 72.8 Å². The van der Waals surface area contributed by atoms with Crippen molar-refractivity contribution in [1.82, 2.24) is 15.0 Å². The number of methoxy groups -OCH3 is 3. The summed E-state index contributed by atoms with van der Waals surface area (Å²) in [6.07, 6.45) is 6.07. The maximum atomic E-state index is 5.77. The molecule has 216 valence electrons. The van der Waals surface area contributed by atoms with Gasteiger partial charge in [0.25, 0.3) is 0 Å². The first-order valence-corrected chi connectivity index (χ1v) is 13.7. The highest BCUT2D eigenvalue weighted by molar-refractivity contribution is 5.77. The summed E-state index contributed by atoms with van der Waals surface area (Å²) < 4.78 is 16.9. The number of nitrogens with zero attached hydrogens (tertiary/aromatic N) is 5. The lowest BCUT2D eigenvalue weighted by Gasteiger charge is -2.35. The molecule has 0 atom stereocenters. The second-order valence-electron chi connectivity index (χ2n) is 11.2. The van der Waals surface area contributed by atoms with E-state index in [9.17, 15) is 0 Å². The van der Waals surface area contributed by atoms with Gasteiger partial charge in [0.2, 0.25) is 11.9 Å². The molecule has 0 spiro atoms. The van der Waals surface area contributed by atoms with E-state index in [2.05, 4.69) is 75.8 Å². The molecule has 2 aromatic carbocycles. The molecule has 0 radical (unpaired) electrons. The van der Waals surface area contributed by atoms with E-state index in [0.29, 0.717) is 11.9 Å². The van der Waals surface area contributed by atoms with Crippen molar-refractivity contribution in [3.8, 4) is 17.5 Å². The zero-order valence-corrected chi connectivity index (χ0v) is 26.0. The van der Waals surface area contributed by atoms with Crippen LogP contribution in [-0.2, 0) is 5.41 Å². The molecule has 0 bridgehead atoms. The van der Waals surface area contributed by atoms with Crippen LogP contribution < -0.4 is 24.0 Å². The molecule has 0 saturated carbocycles. The normalized spacial score (nSPS) is 12.0. The third kappa shape index (κ3) is 6.66. The third-order valence-corrected chi connectivity index (χ3v) is 8.09. The lowest BCUT2D eigenvalue weighted by atomic mass is 9.82. The summed E-state index contributed by atoms with van der Waals surface area (Å²) in [7, 11) is 8.84. The number of anilines is 3. The van der Waals surface area contributed by atoms with Gasteiger partial charge in [0.05, 0.1) is 21.3 Å². The zero-order chi connectivity index (χ0) is 29.7. The van der Waals surface area contributed by atoms with E-state index in [4.69, 9.17) is 19.2 Å². The molecule has 3 aromatic rings. The zero-order valence-electron chi connectivity index (χ0n) is 26.0. The molecular formula is C32H45N5O3. The fourth-order valence-corrected chi connectivity index (χ4v) is 4.05. The number of hydrogen-bond donors (Lipinski definition) is 0. The molecule has 0 aliphatic rings. The molecule has 1 aromatic heterocycles. The van der Waals surface area contributed by atoms with Gasteiger partial charge in [0.1, 0.15) is 11.5 Å². The van der Waals surface area contributed by atoms with E-state index in [1.54, 1.807) is 21.3 Å². The molecule has 0 N–H and O–H groups in total. The molecule has 1 heterocycles. The number of benzene rings is 2. The number of aromatic nitrogens is 3. The molecule has 40 heavy (non-hydrogen) atoms. The molecule has 0 unspecified atom stereocenters. The van der Waals surface area contributed by atoms with Crippen LogP contribution in [0.25, 0.3) is 12.2 Å². The maximum Gasteiger partial charge on any atom is 0.322 e. The van der Waals surface area contributed by atoms with Crippen molar-refractivity contribution < 1.29 is 14.2 Å². The van der Waals surface area contributed by atoms with E-state index in [1.165, 1.54) is 5.56 Å². The summed E-state index contributed by atoms with van der Waals surface area (Å²) in [5, 5.41) is 0. The Morgan fingerprint density at radius 2 is 1.30 bits per heavy atom. The van der Waals surface area contributed by atoms with E-state index in [-0.39, 0.29) is 17.0 Å². The Morgan fingerprint density at radius 3 is 1.85 bits per heavy atom. The van der Waals surface area contributed by atoms with Gasteiger partial charge in [-0.15, -0.1) is 0 Å². The van der Waals surface area contributed by atoms with Gasteiger partial charge in [-0.25, -0.2) is 0 Å². The number of hydrogen-bond acceptors (Lipinski definition) is 8. The number of rotatable bonds is 12. The Morgan fingerprint density at radius 1 is 0.725 bits per heavy atom. The first-order valence-electron chi connectivity index (χ1n) is 13.7. The molecule has 0 aliphatic heterocycles. The van der Waals surface area contributed by atoms with Crippen LogP contribution >= 0.6 is 0 Å². The summed E-state index contributed by atoms with van der Waals surface area (Å²) >= 11 is 0. The van der Waals surface area contributed by atoms with Gasteiger partial charge in [0, 0.05) is 42.5 Å². The Kier molecular flexibility index (Phi) is 9.66. The van der Waals surface area contributed by atoms with Gasteiger partial charge in [-0.2, -0.15) is 15.0 Å². The Labute approximate surface area is 240 Å². The minimum atomic E-state index is -0.130. The minimum Gasteiger partial charge on any atom is -0.496 e. The molecule has 8 heteroatoms. The van der Waals surface area contributed by atoms with Crippen LogP contribution in [0.1, 0.15) is 71.1 Å². The van der Waals surface area contributed by atoms with E-state index in [0.717, 1.165) is 41.2 Å². The van der Waals surface area contributed by atoms with Crippen LogP contribution in [-0.4, -0.2) is 55.9 Å². The van der Waals surface area contributed by atoms with Crippen LogP contribution in [0.2, 0.25) is 0 Å². The first-order chi connectivity index (χ1) is 18.9. The standard InChI is InChI=1S/C32H45N5O3/c1-12-31(3,4)24-18-16-22(26(20-24)38-9)14-15-23-17-19-25(21-27(23)39-10)36(7)28-33-29(35-30(34-28)40-11)37(8)32(5,6)13-2/h14-21H,12-13H2,1-11H3/b15-14+. The van der Waals surface area contributed by atoms with Crippen LogP contribution in [0.4, 0.5) is 17.6 Å². The van der Waals surface area contributed by atoms with Crippen molar-refractivity contribution in [1.29, 1.82) is 0 Å². The van der Waals surface area contributed by atoms with Crippen LogP contribution in [0.3, 0.4) is 0 Å². The Balaban J connectivity index is 1.93. The lowest BCUT2D eigenvalue weighted by molar-refractivity contribution is 0.375. The van der Waals surface area contributed by atoms with Gasteiger partial charge in [-0.05, 0) is 55.9 Å². The van der Waals surface area contributed by atoms with Gasteiger partial charge >= 0.3 is 6.01 Å². The first kappa shape index (κ1) is 30.7. The predicted molar refractivity (Wildman–Crippen MR) is 165 cm³/mol. The average Bonchev–Trinajstić information content (AvgIpc) is 2.98. The molecule has 0 saturated heterocycles. The average molecular weight is 548 g/mol. The Hall–Kier alpha value is -3.81. The summed E-state index contributed by atoms with van der Waals surface area (Å²) in [6, 6.07) is 12.7. The van der Waals surface area contributed by atoms with Gasteiger partial charge in [0.15, 0.2) is 0 Å². The molecule has 0 aliphatic carbocycles. The van der Waals surface area contributed by atoms with Crippen molar-refractivity contribution in [2.45, 2.75) is 65.3 Å². The molecule has 3 rings (SSSR count). The lowest BCUT2D eigenvalue weighted by Crippen LogP contribution is -2.41. The van der Waals surface area contributed by atoms with E-state index in [1.807, 2.05) is 48.2 Å². The second-order valence-corrected chi connectivity index (χ2v) is 11.2. The smallest absolute Gasteiger partial charge is 0.322 e. The quantitative estimate of drug-likeness (QED) is 0.221. The second kappa shape index (κ2) is 12.6. The largest absolute Gasteiger partial charge is 0.496 e. The van der Waals surface area contributed by atoms with Gasteiger partial charge in [-0.3, -0.25) is 0 Å². The van der Waals surface area contributed by atoms with E-state index < -0.39 is 0 Å². The van der Waals surface area contributed by atoms with Crippen molar-refractivity contribution >= 4 is 29.7 Å². The van der Waals surface area contributed by atoms with Crippen molar-refractivity contribution in [3.63, 3.8) is 0 Å². The highest BCUT2D eigenvalue weighted by Crippen LogP contribution is 2.34. The van der Waals surface area contributed by atoms with Crippen molar-refractivity contribution in [2.75, 3.05) is 45.2 Å². The van der Waals surface area contributed by atoms with Gasteiger partial charge in [-0.1, -0.05) is 52.0 Å². The monoisotopic (exact) mass is 547 g/mol. The molecule has 8 nitrogen and oxygen atoms in total. The molecule has 0 amide bonds. The third-order valence-electron chi connectivity index (χ3n) is 8.09. The fraction of sp³-hybridized carbons (Fsp3) is 0.469. The fourth-order valence-electron chi connectivity index (χ4n) is 4.05. The van der Waals surface area contributed by atoms with E-state index >= 15 is 0 Å². The minimum absolute atomic E-state index is 0.0888.